The Kier molecular flexibility index (Phi) is 7.85. The summed E-state index contributed by atoms with van der Waals surface area (Å²) in [7, 11) is 0. The Morgan fingerprint density at radius 2 is 1.89 bits per heavy atom. The van der Waals surface area contributed by atoms with Crippen LogP contribution in [0.2, 0.25) is 0 Å². The molecule has 3 aliphatic heterocycles. The minimum Gasteiger partial charge on any atom is -0.394 e. The first-order valence-electron chi connectivity index (χ1n) is 12.8. The number of hydrogen-bond acceptors (Lipinski definition) is 5. The number of aliphatic hydroxyl groups excluding tert-OH is 1. The van der Waals surface area contributed by atoms with E-state index >= 15 is 0 Å². The highest BCUT2D eigenvalue weighted by molar-refractivity contribution is 9.09. The number of aliphatic hydroxyl groups is 1. The van der Waals surface area contributed by atoms with Crippen molar-refractivity contribution < 1.29 is 19.5 Å². The molecule has 36 heavy (non-hydrogen) atoms. The molecular weight excluding hydrogens is 542 g/mol. The first-order chi connectivity index (χ1) is 16.9. The van der Waals surface area contributed by atoms with E-state index in [2.05, 4.69) is 26.6 Å². The highest BCUT2D eigenvalue weighted by atomic mass is 79.9. The second-order valence-corrected chi connectivity index (χ2v) is 14.5. The number of hydrogen-bond donors (Lipinski definition) is 3. The molecule has 0 saturated carbocycles. The van der Waals surface area contributed by atoms with Crippen molar-refractivity contribution in [3.05, 3.63) is 35.9 Å². The maximum absolute atomic E-state index is 14.2. The van der Waals surface area contributed by atoms with Crippen molar-refractivity contribution in [2.75, 3.05) is 6.61 Å². The van der Waals surface area contributed by atoms with Crippen LogP contribution in [0.15, 0.2) is 30.3 Å². The number of nitrogens with zero attached hydrogens (tertiary/aromatic N) is 1. The van der Waals surface area contributed by atoms with Crippen molar-refractivity contribution in [3.8, 4) is 0 Å². The van der Waals surface area contributed by atoms with Gasteiger partial charge in [0.05, 0.1) is 29.2 Å². The second kappa shape index (κ2) is 10.3. The summed E-state index contributed by atoms with van der Waals surface area (Å²) in [6.07, 6.45) is 1.21. The van der Waals surface area contributed by atoms with Gasteiger partial charge < -0.3 is 20.6 Å². The lowest BCUT2D eigenvalue weighted by Gasteiger charge is -2.39. The smallest absolute Gasteiger partial charge is 0.244 e. The Balaban J connectivity index is 1.70. The summed E-state index contributed by atoms with van der Waals surface area (Å²) in [5, 5.41) is 16.4. The minimum absolute atomic E-state index is 0.0154. The third kappa shape index (κ3) is 4.95. The Morgan fingerprint density at radius 1 is 1.22 bits per heavy atom. The number of rotatable bonds is 8. The van der Waals surface area contributed by atoms with Crippen LogP contribution in [0.5, 0.6) is 0 Å². The number of carbonyl (C=O) groups is 3. The number of nitrogens with one attached hydrogen (secondary N) is 2. The highest BCUT2D eigenvalue weighted by Gasteiger charge is 2.76. The molecule has 1 spiro atoms. The first kappa shape index (κ1) is 27.5. The monoisotopic (exact) mass is 579 g/mol. The van der Waals surface area contributed by atoms with Crippen LogP contribution in [-0.2, 0) is 20.9 Å². The van der Waals surface area contributed by atoms with Crippen LogP contribution in [0.3, 0.4) is 0 Å². The van der Waals surface area contributed by atoms with E-state index in [1.165, 1.54) is 0 Å². The summed E-state index contributed by atoms with van der Waals surface area (Å²) >= 11 is 5.41. The molecule has 0 aliphatic carbocycles. The molecule has 4 rings (SSSR count). The number of fused-ring (bicyclic) bond motifs is 1. The maximum Gasteiger partial charge on any atom is 0.244 e. The van der Waals surface area contributed by atoms with Gasteiger partial charge >= 0.3 is 0 Å². The van der Waals surface area contributed by atoms with Crippen molar-refractivity contribution in [1.82, 2.24) is 15.5 Å². The molecule has 7 atom stereocenters. The van der Waals surface area contributed by atoms with E-state index < -0.39 is 34.2 Å². The number of halogens is 1. The molecule has 1 aromatic carbocycles. The van der Waals surface area contributed by atoms with Crippen LogP contribution in [0.25, 0.3) is 0 Å². The van der Waals surface area contributed by atoms with Crippen LogP contribution >= 0.6 is 27.7 Å². The van der Waals surface area contributed by atoms with E-state index in [4.69, 9.17) is 0 Å². The van der Waals surface area contributed by atoms with E-state index in [0.29, 0.717) is 19.4 Å². The summed E-state index contributed by atoms with van der Waals surface area (Å²) < 4.78 is -0.718. The van der Waals surface area contributed by atoms with E-state index in [-0.39, 0.29) is 40.3 Å². The van der Waals surface area contributed by atoms with E-state index in [9.17, 15) is 19.5 Å². The molecule has 0 aromatic heterocycles. The maximum atomic E-state index is 14.2. The van der Waals surface area contributed by atoms with Gasteiger partial charge in [-0.05, 0) is 45.1 Å². The zero-order valence-corrected chi connectivity index (χ0v) is 24.1. The lowest BCUT2D eigenvalue weighted by atomic mass is 9.70. The van der Waals surface area contributed by atoms with Gasteiger partial charge in [0.2, 0.25) is 17.7 Å². The number of amides is 3. The van der Waals surface area contributed by atoms with Crippen molar-refractivity contribution >= 4 is 45.4 Å². The molecule has 0 radical (unpaired) electrons. The Bertz CT molecular complexity index is 1000. The topological polar surface area (TPSA) is 98.7 Å². The van der Waals surface area contributed by atoms with E-state index in [1.54, 1.807) is 16.7 Å². The lowest BCUT2D eigenvalue weighted by Crippen LogP contribution is -2.59. The first-order valence-corrected chi connectivity index (χ1v) is 14.6. The molecule has 3 N–H and O–H groups in total. The molecule has 1 aromatic rings. The molecule has 3 fully saturated rings. The van der Waals surface area contributed by atoms with Crippen LogP contribution in [0.1, 0.15) is 53.0 Å². The van der Waals surface area contributed by atoms with Crippen molar-refractivity contribution in [2.24, 2.45) is 17.8 Å². The quantitative estimate of drug-likeness (QED) is 0.411. The summed E-state index contributed by atoms with van der Waals surface area (Å²) in [6, 6.07) is 8.48. The standard InChI is InChI=1S/C27H38BrN3O4S/c1-15(2)11-17(14-32)31-22(24(34)30-26(3,4)5)27-12-18(28)21(36-27)19(20(27)25(31)35)23(33)29-13-16-9-7-6-8-10-16/h6-10,15,17-22,32H,11-14H2,1-5H3,(H,29,33)(H,30,34)/t17-,18?,19+,20+,21+,22?,27?/m1/s1. The molecule has 2 bridgehead atoms. The normalized spacial score (nSPS) is 32.1. The fraction of sp³-hybridized carbons (Fsp3) is 0.667. The average molecular weight is 581 g/mol. The van der Waals surface area contributed by atoms with Gasteiger partial charge in [-0.25, -0.2) is 0 Å². The fourth-order valence-electron chi connectivity index (χ4n) is 6.22. The van der Waals surface area contributed by atoms with E-state index in [1.807, 2.05) is 65.0 Å². The second-order valence-electron chi connectivity index (χ2n) is 11.8. The van der Waals surface area contributed by atoms with Gasteiger partial charge in [-0.15, -0.1) is 11.8 Å². The average Bonchev–Trinajstić information content (AvgIpc) is 3.38. The number of benzene rings is 1. The third-order valence-electron chi connectivity index (χ3n) is 7.43. The van der Waals surface area contributed by atoms with Gasteiger partial charge in [0.1, 0.15) is 6.04 Å². The summed E-state index contributed by atoms with van der Waals surface area (Å²) in [5.41, 5.74) is 0.514. The van der Waals surface area contributed by atoms with Crippen LogP contribution in [0.4, 0.5) is 0 Å². The molecule has 3 saturated heterocycles. The van der Waals surface area contributed by atoms with Crippen LogP contribution in [-0.4, -0.2) is 66.8 Å². The molecule has 3 unspecified atom stereocenters. The highest BCUT2D eigenvalue weighted by Crippen LogP contribution is 2.68. The SMILES string of the molecule is CC(C)C[C@H](CO)N1C(=O)[C@@H]2[C@H](C(=O)NCc3ccccc3)[C@H]3SC2(CC3Br)C1C(=O)NC(C)(C)C. The van der Waals surface area contributed by atoms with Crippen LogP contribution in [0, 0.1) is 17.8 Å². The molecule has 3 heterocycles. The van der Waals surface area contributed by atoms with Gasteiger partial charge in [0.15, 0.2) is 0 Å². The van der Waals surface area contributed by atoms with Crippen molar-refractivity contribution in [1.29, 1.82) is 0 Å². The Labute approximate surface area is 226 Å². The van der Waals surface area contributed by atoms with E-state index in [0.717, 1.165) is 5.56 Å². The number of carbonyl (C=O) groups excluding carboxylic acids is 3. The molecule has 3 aliphatic rings. The predicted octanol–water partition coefficient (Wildman–Crippen LogP) is 3.09. The van der Waals surface area contributed by atoms with Crippen molar-refractivity contribution in [3.63, 3.8) is 0 Å². The third-order valence-corrected chi connectivity index (χ3v) is 10.7. The van der Waals surface area contributed by atoms with Gasteiger partial charge in [0, 0.05) is 22.2 Å². The fourth-order valence-corrected chi connectivity index (χ4v) is 9.82. The zero-order valence-electron chi connectivity index (χ0n) is 21.7. The number of likely N-dealkylation sites (tertiary alicyclic amines) is 1. The predicted molar refractivity (Wildman–Crippen MR) is 146 cm³/mol. The van der Waals surface area contributed by atoms with Gasteiger partial charge in [0.25, 0.3) is 0 Å². The molecular formula is C27H38BrN3O4S. The lowest BCUT2D eigenvalue weighted by molar-refractivity contribution is -0.143. The molecule has 198 valence electrons. The Morgan fingerprint density at radius 3 is 2.47 bits per heavy atom. The molecule has 9 heteroatoms. The Hall–Kier alpha value is -1.58. The summed E-state index contributed by atoms with van der Waals surface area (Å²) in [6.45, 7) is 10.0. The van der Waals surface area contributed by atoms with Gasteiger partial charge in [-0.3, -0.25) is 14.4 Å². The van der Waals surface area contributed by atoms with Gasteiger partial charge in [-0.2, -0.15) is 0 Å². The summed E-state index contributed by atoms with van der Waals surface area (Å²) in [5.74, 6) is -1.46. The summed E-state index contributed by atoms with van der Waals surface area (Å²) in [4.78, 5) is 43.2. The molecule has 7 nitrogen and oxygen atoms in total. The van der Waals surface area contributed by atoms with Crippen molar-refractivity contribution in [2.45, 2.75) is 86.5 Å². The number of alkyl halides is 1. The largest absolute Gasteiger partial charge is 0.394 e. The minimum atomic E-state index is -0.743. The molecule has 3 amide bonds. The zero-order chi connectivity index (χ0) is 26.4. The van der Waals surface area contributed by atoms with Gasteiger partial charge in [-0.1, -0.05) is 60.1 Å². The number of thioether (sulfide) groups is 1. The van der Waals surface area contributed by atoms with Crippen LogP contribution < -0.4 is 10.6 Å².